The SMILES string of the molecule is CN(C)C1(c2cccs2)CCC2(CCN(Cc3ccncn3)C2)CC1. The predicted octanol–water partition coefficient (Wildman–Crippen LogP) is 3.76. The molecule has 134 valence electrons. The van der Waals surface area contributed by atoms with Crippen LogP contribution in [0.5, 0.6) is 0 Å². The van der Waals surface area contributed by atoms with Crippen molar-refractivity contribution in [3.05, 3.63) is 46.7 Å². The second-order valence-electron chi connectivity index (χ2n) is 8.06. The van der Waals surface area contributed by atoms with Gasteiger partial charge in [-0.2, -0.15) is 0 Å². The standard InChI is InChI=1S/C20H28N4S/c1-23(2)20(18-4-3-13-25-18)8-6-19(7-9-20)10-12-24(15-19)14-17-5-11-21-16-22-17/h3-5,11,13,16H,6-10,12,14-15H2,1-2H3. The molecule has 4 nitrogen and oxygen atoms in total. The van der Waals surface area contributed by atoms with E-state index >= 15 is 0 Å². The highest BCUT2D eigenvalue weighted by molar-refractivity contribution is 7.10. The Balaban J connectivity index is 1.43. The van der Waals surface area contributed by atoms with E-state index in [-0.39, 0.29) is 5.54 Å². The minimum Gasteiger partial charge on any atom is -0.299 e. The van der Waals surface area contributed by atoms with Gasteiger partial charge in [0.2, 0.25) is 0 Å². The van der Waals surface area contributed by atoms with E-state index in [1.807, 2.05) is 23.6 Å². The quantitative estimate of drug-likeness (QED) is 0.835. The molecule has 0 unspecified atom stereocenters. The summed E-state index contributed by atoms with van der Waals surface area (Å²) in [6.07, 6.45) is 10.1. The molecule has 5 heteroatoms. The zero-order valence-corrected chi connectivity index (χ0v) is 16.1. The number of likely N-dealkylation sites (tertiary alicyclic amines) is 1. The zero-order valence-electron chi connectivity index (χ0n) is 15.3. The van der Waals surface area contributed by atoms with Crippen LogP contribution >= 0.6 is 11.3 Å². The molecule has 0 amide bonds. The van der Waals surface area contributed by atoms with Gasteiger partial charge in [-0.05, 0) is 75.7 Å². The first-order valence-electron chi connectivity index (χ1n) is 9.31. The van der Waals surface area contributed by atoms with E-state index in [4.69, 9.17) is 0 Å². The Morgan fingerprint density at radius 1 is 1.16 bits per heavy atom. The highest BCUT2D eigenvalue weighted by atomic mass is 32.1. The van der Waals surface area contributed by atoms with E-state index < -0.39 is 0 Å². The molecule has 0 radical (unpaired) electrons. The van der Waals surface area contributed by atoms with Gasteiger partial charge < -0.3 is 0 Å². The van der Waals surface area contributed by atoms with Crippen molar-refractivity contribution in [1.82, 2.24) is 19.8 Å². The van der Waals surface area contributed by atoms with Gasteiger partial charge in [-0.3, -0.25) is 9.80 Å². The fourth-order valence-electron chi connectivity index (χ4n) is 4.86. The lowest BCUT2D eigenvalue weighted by molar-refractivity contribution is 0.0404. The van der Waals surface area contributed by atoms with Crippen LogP contribution in [-0.4, -0.2) is 47.0 Å². The van der Waals surface area contributed by atoms with Crippen molar-refractivity contribution in [3.63, 3.8) is 0 Å². The van der Waals surface area contributed by atoms with E-state index in [0.717, 1.165) is 12.2 Å². The smallest absolute Gasteiger partial charge is 0.115 e. The monoisotopic (exact) mass is 356 g/mol. The van der Waals surface area contributed by atoms with Gasteiger partial charge in [-0.1, -0.05) is 6.07 Å². The van der Waals surface area contributed by atoms with Gasteiger partial charge in [-0.25, -0.2) is 9.97 Å². The number of aromatic nitrogens is 2. The van der Waals surface area contributed by atoms with Gasteiger partial charge in [0.15, 0.2) is 0 Å². The number of rotatable bonds is 4. The highest BCUT2D eigenvalue weighted by Gasteiger charge is 2.47. The van der Waals surface area contributed by atoms with Crippen LogP contribution in [0.4, 0.5) is 0 Å². The van der Waals surface area contributed by atoms with Crippen LogP contribution in [-0.2, 0) is 12.1 Å². The fourth-order valence-corrected chi connectivity index (χ4v) is 5.93. The predicted molar refractivity (Wildman–Crippen MR) is 103 cm³/mol. The molecule has 1 aliphatic carbocycles. The summed E-state index contributed by atoms with van der Waals surface area (Å²) >= 11 is 1.92. The molecule has 0 bridgehead atoms. The molecule has 0 N–H and O–H groups in total. The van der Waals surface area contributed by atoms with E-state index in [0.29, 0.717) is 5.41 Å². The third-order valence-electron chi connectivity index (χ3n) is 6.52. The molecule has 1 aliphatic heterocycles. The fraction of sp³-hybridized carbons (Fsp3) is 0.600. The molecule has 2 aromatic heterocycles. The molecule has 1 saturated heterocycles. The van der Waals surface area contributed by atoms with Gasteiger partial charge in [0.1, 0.15) is 6.33 Å². The Morgan fingerprint density at radius 2 is 2.00 bits per heavy atom. The number of hydrogen-bond donors (Lipinski definition) is 0. The maximum Gasteiger partial charge on any atom is 0.115 e. The lowest BCUT2D eigenvalue weighted by atomic mass is 9.66. The highest BCUT2D eigenvalue weighted by Crippen LogP contribution is 2.52. The molecule has 25 heavy (non-hydrogen) atoms. The lowest BCUT2D eigenvalue weighted by Crippen LogP contribution is -2.47. The van der Waals surface area contributed by atoms with Crippen molar-refractivity contribution in [2.75, 3.05) is 27.2 Å². The molecule has 2 aliphatic rings. The van der Waals surface area contributed by atoms with E-state index in [2.05, 4.69) is 51.4 Å². The number of hydrogen-bond acceptors (Lipinski definition) is 5. The normalized spacial score (nSPS) is 30.4. The van der Waals surface area contributed by atoms with Gasteiger partial charge in [0, 0.05) is 24.2 Å². The van der Waals surface area contributed by atoms with Crippen molar-refractivity contribution in [2.45, 2.75) is 44.2 Å². The van der Waals surface area contributed by atoms with Crippen molar-refractivity contribution < 1.29 is 0 Å². The Morgan fingerprint density at radius 3 is 2.64 bits per heavy atom. The lowest BCUT2D eigenvalue weighted by Gasteiger charge is -2.48. The van der Waals surface area contributed by atoms with E-state index in [1.165, 1.54) is 45.2 Å². The molecule has 0 aromatic carbocycles. The summed E-state index contributed by atoms with van der Waals surface area (Å²) in [7, 11) is 4.52. The minimum atomic E-state index is 0.249. The zero-order chi connectivity index (χ0) is 17.3. The average Bonchev–Trinajstić information content (AvgIpc) is 3.28. The molecule has 2 fully saturated rings. The Bertz CT molecular complexity index is 675. The molecule has 2 aromatic rings. The van der Waals surface area contributed by atoms with Gasteiger partial charge in [-0.15, -0.1) is 11.3 Å². The van der Waals surface area contributed by atoms with E-state index in [1.54, 1.807) is 11.2 Å². The van der Waals surface area contributed by atoms with Gasteiger partial charge in [0.25, 0.3) is 0 Å². The Labute approximate surface area is 154 Å². The van der Waals surface area contributed by atoms with Crippen LogP contribution in [0.25, 0.3) is 0 Å². The van der Waals surface area contributed by atoms with Crippen LogP contribution < -0.4 is 0 Å². The molecule has 4 rings (SSSR count). The first-order valence-corrected chi connectivity index (χ1v) is 10.2. The first kappa shape index (κ1) is 17.1. The summed E-state index contributed by atoms with van der Waals surface area (Å²) in [6, 6.07) is 6.58. The molecule has 1 spiro atoms. The van der Waals surface area contributed by atoms with E-state index in [9.17, 15) is 0 Å². The van der Waals surface area contributed by atoms with Crippen LogP contribution in [0.3, 0.4) is 0 Å². The van der Waals surface area contributed by atoms with Crippen LogP contribution in [0.1, 0.15) is 42.7 Å². The van der Waals surface area contributed by atoms with Gasteiger partial charge in [0.05, 0.1) is 11.2 Å². The number of thiophene rings is 1. The first-order chi connectivity index (χ1) is 12.1. The third-order valence-corrected chi connectivity index (χ3v) is 7.58. The van der Waals surface area contributed by atoms with Crippen molar-refractivity contribution in [1.29, 1.82) is 0 Å². The summed E-state index contributed by atoms with van der Waals surface area (Å²) in [5.74, 6) is 0. The van der Waals surface area contributed by atoms with Crippen molar-refractivity contribution in [3.8, 4) is 0 Å². The third kappa shape index (κ3) is 3.25. The summed E-state index contributed by atoms with van der Waals surface area (Å²) < 4.78 is 0. The maximum atomic E-state index is 4.40. The average molecular weight is 357 g/mol. The molecule has 0 atom stereocenters. The molecule has 1 saturated carbocycles. The van der Waals surface area contributed by atoms with Crippen LogP contribution in [0.15, 0.2) is 36.1 Å². The molecular weight excluding hydrogens is 328 g/mol. The second kappa shape index (κ2) is 6.78. The topological polar surface area (TPSA) is 32.3 Å². The van der Waals surface area contributed by atoms with Crippen LogP contribution in [0, 0.1) is 5.41 Å². The second-order valence-corrected chi connectivity index (χ2v) is 9.01. The summed E-state index contributed by atoms with van der Waals surface area (Å²) in [5, 5.41) is 2.23. The maximum absolute atomic E-state index is 4.40. The largest absolute Gasteiger partial charge is 0.299 e. The molecule has 3 heterocycles. The Kier molecular flexibility index (Phi) is 4.65. The molecular formula is C20H28N4S. The van der Waals surface area contributed by atoms with Crippen LogP contribution in [0.2, 0.25) is 0 Å². The summed E-state index contributed by atoms with van der Waals surface area (Å²) in [5.41, 5.74) is 1.91. The Hall–Kier alpha value is -1.30. The summed E-state index contributed by atoms with van der Waals surface area (Å²) in [4.78, 5) is 15.0. The van der Waals surface area contributed by atoms with Crippen molar-refractivity contribution in [2.24, 2.45) is 5.41 Å². The van der Waals surface area contributed by atoms with Crippen molar-refractivity contribution >= 4 is 11.3 Å². The van der Waals surface area contributed by atoms with Gasteiger partial charge >= 0.3 is 0 Å². The summed E-state index contributed by atoms with van der Waals surface area (Å²) in [6.45, 7) is 3.40. The minimum absolute atomic E-state index is 0.249. The number of nitrogens with zero attached hydrogens (tertiary/aromatic N) is 4.